The SMILES string of the molecule is CCCNC(c1nccn1C)C1(C)CC1. The smallest absolute Gasteiger partial charge is 0.126 e. The van der Waals surface area contributed by atoms with Gasteiger partial charge in [-0.2, -0.15) is 0 Å². The van der Waals surface area contributed by atoms with Crippen molar-refractivity contribution in [1.29, 1.82) is 0 Å². The van der Waals surface area contributed by atoms with Gasteiger partial charge in [-0.1, -0.05) is 13.8 Å². The first-order valence-electron chi connectivity index (χ1n) is 5.88. The zero-order chi connectivity index (χ0) is 10.9. The Kier molecular flexibility index (Phi) is 2.83. The van der Waals surface area contributed by atoms with Crippen molar-refractivity contribution >= 4 is 0 Å². The second-order valence-corrected chi connectivity index (χ2v) is 4.94. The molecule has 84 valence electrons. The first-order valence-corrected chi connectivity index (χ1v) is 5.88. The van der Waals surface area contributed by atoms with Crippen LogP contribution in [0.5, 0.6) is 0 Å². The molecule has 15 heavy (non-hydrogen) atoms. The second kappa shape index (κ2) is 3.97. The maximum absolute atomic E-state index is 4.48. The van der Waals surface area contributed by atoms with Gasteiger partial charge in [-0.3, -0.25) is 0 Å². The molecule has 1 aromatic rings. The minimum atomic E-state index is 0.428. The number of nitrogens with zero attached hydrogens (tertiary/aromatic N) is 2. The van der Waals surface area contributed by atoms with Crippen molar-refractivity contribution in [3.05, 3.63) is 18.2 Å². The molecule has 1 atom stereocenters. The molecule has 1 fully saturated rings. The Morgan fingerprint density at radius 2 is 2.33 bits per heavy atom. The summed E-state index contributed by atoms with van der Waals surface area (Å²) < 4.78 is 2.14. The summed E-state index contributed by atoms with van der Waals surface area (Å²) in [6.45, 7) is 5.64. The minimum absolute atomic E-state index is 0.428. The van der Waals surface area contributed by atoms with Crippen molar-refractivity contribution in [3.63, 3.8) is 0 Å². The van der Waals surface area contributed by atoms with Crippen molar-refractivity contribution in [2.24, 2.45) is 12.5 Å². The number of imidazole rings is 1. The molecule has 3 heteroatoms. The Labute approximate surface area is 91.9 Å². The third-order valence-corrected chi connectivity index (χ3v) is 3.45. The molecule has 0 bridgehead atoms. The second-order valence-electron chi connectivity index (χ2n) is 4.94. The first kappa shape index (κ1) is 10.7. The van der Waals surface area contributed by atoms with Crippen LogP contribution in [0.25, 0.3) is 0 Å². The molecule has 1 unspecified atom stereocenters. The van der Waals surface area contributed by atoms with Crippen molar-refractivity contribution in [2.75, 3.05) is 6.54 Å². The zero-order valence-corrected chi connectivity index (χ0v) is 9.95. The molecule has 0 aliphatic heterocycles. The lowest BCUT2D eigenvalue weighted by Gasteiger charge is -2.24. The van der Waals surface area contributed by atoms with Crippen LogP contribution in [-0.4, -0.2) is 16.1 Å². The van der Waals surface area contributed by atoms with Crippen LogP contribution in [0, 0.1) is 5.41 Å². The van der Waals surface area contributed by atoms with Crippen LogP contribution in [0.2, 0.25) is 0 Å². The summed E-state index contributed by atoms with van der Waals surface area (Å²) in [6.07, 6.45) is 7.74. The molecule has 1 aromatic heterocycles. The highest BCUT2D eigenvalue weighted by atomic mass is 15.1. The Balaban J connectivity index is 2.15. The van der Waals surface area contributed by atoms with Gasteiger partial charge in [-0.05, 0) is 31.2 Å². The summed E-state index contributed by atoms with van der Waals surface area (Å²) in [5.41, 5.74) is 0.439. The molecule has 0 amide bonds. The monoisotopic (exact) mass is 207 g/mol. The minimum Gasteiger partial charge on any atom is -0.337 e. The van der Waals surface area contributed by atoms with Crippen LogP contribution in [0.3, 0.4) is 0 Å². The number of rotatable bonds is 5. The van der Waals surface area contributed by atoms with E-state index >= 15 is 0 Å². The number of aromatic nitrogens is 2. The maximum atomic E-state index is 4.48. The molecule has 0 saturated heterocycles. The van der Waals surface area contributed by atoms with E-state index in [2.05, 4.69) is 35.8 Å². The van der Waals surface area contributed by atoms with E-state index in [0.717, 1.165) is 6.54 Å². The average Bonchev–Trinajstić information content (AvgIpc) is 2.81. The van der Waals surface area contributed by atoms with Gasteiger partial charge in [0.15, 0.2) is 0 Å². The molecule has 1 N–H and O–H groups in total. The molecule has 2 rings (SSSR count). The van der Waals surface area contributed by atoms with E-state index in [4.69, 9.17) is 0 Å². The first-order chi connectivity index (χ1) is 7.17. The molecular weight excluding hydrogens is 186 g/mol. The average molecular weight is 207 g/mol. The van der Waals surface area contributed by atoms with E-state index in [9.17, 15) is 0 Å². The van der Waals surface area contributed by atoms with E-state index in [1.165, 1.54) is 25.1 Å². The van der Waals surface area contributed by atoms with Crippen LogP contribution in [0.4, 0.5) is 0 Å². The van der Waals surface area contributed by atoms with Gasteiger partial charge < -0.3 is 9.88 Å². The lowest BCUT2D eigenvalue weighted by molar-refractivity contribution is 0.344. The highest BCUT2D eigenvalue weighted by Gasteiger charge is 2.46. The molecular formula is C12H21N3. The zero-order valence-electron chi connectivity index (χ0n) is 9.95. The van der Waals surface area contributed by atoms with Crippen molar-refractivity contribution in [2.45, 2.75) is 39.2 Å². The number of hydrogen-bond donors (Lipinski definition) is 1. The molecule has 0 spiro atoms. The van der Waals surface area contributed by atoms with E-state index in [1.54, 1.807) is 0 Å². The summed E-state index contributed by atoms with van der Waals surface area (Å²) in [6, 6.07) is 0.428. The maximum Gasteiger partial charge on any atom is 0.126 e. The molecule has 1 saturated carbocycles. The quantitative estimate of drug-likeness (QED) is 0.802. The molecule has 3 nitrogen and oxygen atoms in total. The summed E-state index contributed by atoms with van der Waals surface area (Å²) >= 11 is 0. The van der Waals surface area contributed by atoms with Gasteiger partial charge in [-0.15, -0.1) is 0 Å². The normalized spacial score (nSPS) is 20.2. The number of nitrogens with one attached hydrogen (secondary N) is 1. The Morgan fingerprint density at radius 1 is 1.60 bits per heavy atom. The van der Waals surface area contributed by atoms with Crippen LogP contribution >= 0.6 is 0 Å². The van der Waals surface area contributed by atoms with E-state index in [1.807, 2.05) is 12.4 Å². The highest BCUT2D eigenvalue weighted by molar-refractivity contribution is 5.10. The molecule has 0 radical (unpaired) electrons. The summed E-state index contributed by atoms with van der Waals surface area (Å²) in [5.74, 6) is 1.18. The largest absolute Gasteiger partial charge is 0.337 e. The fraction of sp³-hybridized carbons (Fsp3) is 0.750. The Hall–Kier alpha value is -0.830. The lowest BCUT2D eigenvalue weighted by atomic mass is 9.98. The standard InChI is InChI=1S/C12H21N3/c1-4-7-13-10(12(2)5-6-12)11-14-8-9-15(11)3/h8-10,13H,4-7H2,1-3H3. The van der Waals surface area contributed by atoms with Gasteiger partial charge >= 0.3 is 0 Å². The lowest BCUT2D eigenvalue weighted by Crippen LogP contribution is -2.30. The van der Waals surface area contributed by atoms with Gasteiger partial charge in [-0.25, -0.2) is 4.98 Å². The van der Waals surface area contributed by atoms with E-state index < -0.39 is 0 Å². The molecule has 1 heterocycles. The van der Waals surface area contributed by atoms with Crippen molar-refractivity contribution in [1.82, 2.24) is 14.9 Å². The van der Waals surface area contributed by atoms with E-state index in [0.29, 0.717) is 11.5 Å². The number of hydrogen-bond acceptors (Lipinski definition) is 2. The van der Waals surface area contributed by atoms with Crippen LogP contribution < -0.4 is 5.32 Å². The molecule has 1 aliphatic carbocycles. The van der Waals surface area contributed by atoms with Crippen LogP contribution in [0.15, 0.2) is 12.4 Å². The van der Waals surface area contributed by atoms with Gasteiger partial charge in [0.05, 0.1) is 6.04 Å². The fourth-order valence-electron chi connectivity index (χ4n) is 2.08. The number of aryl methyl sites for hydroxylation is 1. The van der Waals surface area contributed by atoms with Gasteiger partial charge in [0.1, 0.15) is 5.82 Å². The van der Waals surface area contributed by atoms with Crippen molar-refractivity contribution < 1.29 is 0 Å². The summed E-state index contributed by atoms with van der Waals surface area (Å²) in [7, 11) is 2.08. The Bertz CT molecular complexity index is 325. The third kappa shape index (κ3) is 2.07. The highest BCUT2D eigenvalue weighted by Crippen LogP contribution is 2.53. The summed E-state index contributed by atoms with van der Waals surface area (Å²) in [4.78, 5) is 4.48. The van der Waals surface area contributed by atoms with Gasteiger partial charge in [0.2, 0.25) is 0 Å². The van der Waals surface area contributed by atoms with Crippen molar-refractivity contribution in [3.8, 4) is 0 Å². The van der Waals surface area contributed by atoms with E-state index in [-0.39, 0.29) is 0 Å². The van der Waals surface area contributed by atoms with Gasteiger partial charge in [0, 0.05) is 19.4 Å². The molecule has 1 aliphatic rings. The molecule has 0 aromatic carbocycles. The fourth-order valence-corrected chi connectivity index (χ4v) is 2.08. The topological polar surface area (TPSA) is 29.9 Å². The van der Waals surface area contributed by atoms with Gasteiger partial charge in [0.25, 0.3) is 0 Å². The predicted molar refractivity (Wildman–Crippen MR) is 61.6 cm³/mol. The predicted octanol–water partition coefficient (Wildman–Crippen LogP) is 2.26. The van der Waals surface area contributed by atoms with Crippen LogP contribution in [0.1, 0.15) is 45.0 Å². The summed E-state index contributed by atoms with van der Waals surface area (Å²) in [5, 5.41) is 3.63. The third-order valence-electron chi connectivity index (χ3n) is 3.45. The van der Waals surface area contributed by atoms with Crippen LogP contribution in [-0.2, 0) is 7.05 Å². The Morgan fingerprint density at radius 3 is 2.80 bits per heavy atom.